The number of carbonyl (C=O) groups is 3. The average molecular weight is 525 g/mol. The first-order valence-corrected chi connectivity index (χ1v) is 11.7. The van der Waals surface area contributed by atoms with E-state index in [0.717, 1.165) is 5.56 Å². The number of hydrogen-bond acceptors (Lipinski definition) is 4. The fourth-order valence-corrected chi connectivity index (χ4v) is 4.19. The molecule has 0 bridgehead atoms. The predicted molar refractivity (Wildman–Crippen MR) is 142 cm³/mol. The SMILES string of the molecule is CCc1ccccc1NC(=O)C(=O)Nn1c(C(=O)Nc2ccc(Cl)cc2Cl)cc2cccc(OC)c21. The minimum Gasteiger partial charge on any atom is -0.494 e. The molecule has 0 saturated carbocycles. The van der Waals surface area contributed by atoms with E-state index in [1.807, 2.05) is 19.1 Å². The van der Waals surface area contributed by atoms with Crippen LogP contribution in [-0.4, -0.2) is 29.5 Å². The highest BCUT2D eigenvalue weighted by molar-refractivity contribution is 6.42. The molecule has 184 valence electrons. The molecule has 0 aliphatic rings. The Morgan fingerprint density at radius 1 is 0.889 bits per heavy atom. The molecule has 1 heterocycles. The molecule has 3 amide bonds. The molecule has 0 spiro atoms. The highest BCUT2D eigenvalue weighted by Crippen LogP contribution is 2.30. The third kappa shape index (κ3) is 5.15. The van der Waals surface area contributed by atoms with Gasteiger partial charge in [0.15, 0.2) is 0 Å². The minimum absolute atomic E-state index is 0.0515. The van der Waals surface area contributed by atoms with Gasteiger partial charge >= 0.3 is 11.8 Å². The lowest BCUT2D eigenvalue weighted by atomic mass is 10.1. The fraction of sp³-hybridized carbons (Fsp3) is 0.115. The van der Waals surface area contributed by atoms with Crippen LogP contribution in [-0.2, 0) is 16.0 Å². The maximum absolute atomic E-state index is 13.3. The predicted octanol–water partition coefficient (Wildman–Crippen LogP) is 5.48. The molecule has 0 aliphatic heterocycles. The van der Waals surface area contributed by atoms with Gasteiger partial charge < -0.3 is 15.4 Å². The molecule has 8 nitrogen and oxygen atoms in total. The first-order chi connectivity index (χ1) is 17.3. The molecule has 1 aromatic heterocycles. The van der Waals surface area contributed by atoms with E-state index in [-0.39, 0.29) is 10.7 Å². The van der Waals surface area contributed by atoms with Crippen LogP contribution >= 0.6 is 23.2 Å². The summed E-state index contributed by atoms with van der Waals surface area (Å²) in [6, 6.07) is 18.6. The molecule has 0 radical (unpaired) electrons. The quantitative estimate of drug-likeness (QED) is 0.290. The van der Waals surface area contributed by atoms with Gasteiger partial charge in [0.25, 0.3) is 5.91 Å². The number of aryl methyl sites for hydroxylation is 1. The van der Waals surface area contributed by atoms with Crippen LogP contribution in [0.4, 0.5) is 11.4 Å². The highest BCUT2D eigenvalue weighted by Gasteiger charge is 2.23. The van der Waals surface area contributed by atoms with Gasteiger partial charge in [-0.05, 0) is 48.4 Å². The van der Waals surface area contributed by atoms with Gasteiger partial charge in [-0.1, -0.05) is 60.5 Å². The van der Waals surface area contributed by atoms with Gasteiger partial charge in [-0.25, -0.2) is 4.68 Å². The Morgan fingerprint density at radius 2 is 1.67 bits per heavy atom. The van der Waals surface area contributed by atoms with Crippen LogP contribution < -0.4 is 20.8 Å². The van der Waals surface area contributed by atoms with Crippen LogP contribution in [0, 0.1) is 0 Å². The molecule has 4 rings (SSSR count). The molecular weight excluding hydrogens is 503 g/mol. The van der Waals surface area contributed by atoms with Gasteiger partial charge in [-0.2, -0.15) is 0 Å². The maximum atomic E-state index is 13.3. The monoisotopic (exact) mass is 524 g/mol. The first-order valence-electron chi connectivity index (χ1n) is 11.0. The van der Waals surface area contributed by atoms with Gasteiger partial charge in [0, 0.05) is 16.1 Å². The zero-order valence-electron chi connectivity index (χ0n) is 19.4. The Morgan fingerprint density at radius 3 is 2.39 bits per heavy atom. The van der Waals surface area contributed by atoms with Crippen LogP contribution in [0.2, 0.25) is 10.0 Å². The molecular formula is C26H22Cl2N4O4. The van der Waals surface area contributed by atoms with Crippen LogP contribution in [0.25, 0.3) is 10.9 Å². The second-order valence-corrected chi connectivity index (χ2v) is 8.59. The fourth-order valence-electron chi connectivity index (χ4n) is 3.73. The molecule has 3 N–H and O–H groups in total. The number of carbonyl (C=O) groups excluding carboxylic acids is 3. The number of amides is 3. The number of rotatable bonds is 6. The topological polar surface area (TPSA) is 101 Å². The summed E-state index contributed by atoms with van der Waals surface area (Å²) in [5.74, 6) is -2.04. The molecule has 0 saturated heterocycles. The van der Waals surface area contributed by atoms with E-state index in [4.69, 9.17) is 27.9 Å². The lowest BCUT2D eigenvalue weighted by Gasteiger charge is -2.15. The summed E-state index contributed by atoms with van der Waals surface area (Å²) in [4.78, 5) is 38.9. The standard InChI is InChI=1S/C26H22Cl2N4O4/c1-3-15-7-4-5-9-19(15)29-25(34)26(35)31-32-21(13-16-8-6-10-22(36-2)23(16)32)24(33)30-20-12-11-17(27)14-18(20)28/h4-14H,3H2,1-2H3,(H,29,34)(H,30,33)(H,31,35). The summed E-state index contributed by atoms with van der Waals surface area (Å²) < 4.78 is 6.66. The van der Waals surface area contributed by atoms with Crippen molar-refractivity contribution >= 4 is 63.2 Å². The van der Waals surface area contributed by atoms with E-state index < -0.39 is 17.7 Å². The normalized spacial score (nSPS) is 10.7. The summed E-state index contributed by atoms with van der Waals surface area (Å²) in [7, 11) is 1.47. The number of nitrogens with one attached hydrogen (secondary N) is 3. The van der Waals surface area contributed by atoms with Crippen LogP contribution in [0.1, 0.15) is 23.0 Å². The van der Waals surface area contributed by atoms with Gasteiger partial charge in [0.05, 0.1) is 17.8 Å². The van der Waals surface area contributed by atoms with Crippen molar-refractivity contribution in [3.8, 4) is 5.75 Å². The number of para-hydroxylation sites is 2. The minimum atomic E-state index is -0.970. The van der Waals surface area contributed by atoms with Crippen molar-refractivity contribution in [1.29, 1.82) is 0 Å². The number of hydrogen-bond donors (Lipinski definition) is 3. The van der Waals surface area contributed by atoms with Crippen LogP contribution in [0.3, 0.4) is 0 Å². The Balaban J connectivity index is 1.68. The number of benzene rings is 3. The summed E-state index contributed by atoms with van der Waals surface area (Å²) >= 11 is 12.2. The van der Waals surface area contributed by atoms with Crippen molar-refractivity contribution in [3.05, 3.63) is 88.0 Å². The number of anilines is 2. The largest absolute Gasteiger partial charge is 0.494 e. The number of aromatic nitrogens is 1. The number of ether oxygens (including phenoxy) is 1. The Hall–Kier alpha value is -4.01. The lowest BCUT2D eigenvalue weighted by Crippen LogP contribution is -2.36. The van der Waals surface area contributed by atoms with E-state index in [2.05, 4.69) is 16.1 Å². The Kier molecular flexibility index (Phi) is 7.47. The molecule has 0 unspecified atom stereocenters. The van der Waals surface area contributed by atoms with Crippen molar-refractivity contribution in [2.75, 3.05) is 23.2 Å². The van der Waals surface area contributed by atoms with Crippen molar-refractivity contribution < 1.29 is 19.1 Å². The van der Waals surface area contributed by atoms with Crippen LogP contribution in [0.15, 0.2) is 66.7 Å². The Labute approximate surface area is 217 Å². The second kappa shape index (κ2) is 10.7. The molecule has 0 fully saturated rings. The molecule has 4 aromatic rings. The van der Waals surface area contributed by atoms with E-state index >= 15 is 0 Å². The first kappa shape index (κ1) is 25.1. The highest BCUT2D eigenvalue weighted by atomic mass is 35.5. The van der Waals surface area contributed by atoms with E-state index in [9.17, 15) is 14.4 Å². The van der Waals surface area contributed by atoms with Gasteiger partial charge in [-0.15, -0.1) is 0 Å². The molecule has 10 heteroatoms. The van der Waals surface area contributed by atoms with Crippen molar-refractivity contribution in [1.82, 2.24) is 4.68 Å². The van der Waals surface area contributed by atoms with Crippen molar-refractivity contribution in [2.24, 2.45) is 0 Å². The number of fused-ring (bicyclic) bond motifs is 1. The van der Waals surface area contributed by atoms with Gasteiger partial charge in [-0.3, -0.25) is 19.8 Å². The van der Waals surface area contributed by atoms with Crippen molar-refractivity contribution in [2.45, 2.75) is 13.3 Å². The number of nitrogens with zero attached hydrogens (tertiary/aromatic N) is 1. The second-order valence-electron chi connectivity index (χ2n) is 7.75. The van der Waals surface area contributed by atoms with E-state index in [1.165, 1.54) is 17.9 Å². The van der Waals surface area contributed by atoms with Gasteiger partial charge in [0.2, 0.25) is 0 Å². The lowest BCUT2D eigenvalue weighted by molar-refractivity contribution is -0.133. The zero-order valence-corrected chi connectivity index (χ0v) is 20.9. The molecule has 0 atom stereocenters. The van der Waals surface area contributed by atoms with Gasteiger partial charge in [0.1, 0.15) is 17.0 Å². The summed E-state index contributed by atoms with van der Waals surface area (Å²) in [6.45, 7) is 1.95. The molecule has 3 aromatic carbocycles. The molecule has 36 heavy (non-hydrogen) atoms. The maximum Gasteiger partial charge on any atom is 0.328 e. The van der Waals surface area contributed by atoms with E-state index in [0.29, 0.717) is 39.5 Å². The third-order valence-corrected chi connectivity index (χ3v) is 6.03. The summed E-state index contributed by atoms with van der Waals surface area (Å²) in [5.41, 5.74) is 4.73. The Bertz CT molecular complexity index is 1480. The third-order valence-electron chi connectivity index (χ3n) is 5.48. The number of halogens is 2. The zero-order chi connectivity index (χ0) is 25.8. The smallest absolute Gasteiger partial charge is 0.328 e. The number of methoxy groups -OCH3 is 1. The summed E-state index contributed by atoms with van der Waals surface area (Å²) in [5, 5.41) is 6.60. The van der Waals surface area contributed by atoms with Crippen molar-refractivity contribution in [3.63, 3.8) is 0 Å². The van der Waals surface area contributed by atoms with E-state index in [1.54, 1.807) is 48.5 Å². The van der Waals surface area contributed by atoms with Crippen LogP contribution in [0.5, 0.6) is 5.75 Å². The molecule has 0 aliphatic carbocycles. The summed E-state index contributed by atoms with van der Waals surface area (Å²) in [6.07, 6.45) is 0.676. The average Bonchev–Trinajstić information content (AvgIpc) is 3.24.